The Morgan fingerprint density at radius 3 is 2.69 bits per heavy atom. The minimum atomic E-state index is -0.203. The molecule has 1 saturated heterocycles. The van der Waals surface area contributed by atoms with Gasteiger partial charge in [-0.15, -0.1) is 0 Å². The third kappa shape index (κ3) is 5.28. The Kier molecular flexibility index (Phi) is 6.32. The van der Waals surface area contributed by atoms with Crippen molar-refractivity contribution >= 4 is 0 Å². The van der Waals surface area contributed by atoms with Crippen LogP contribution in [-0.2, 0) is 0 Å². The van der Waals surface area contributed by atoms with E-state index in [4.69, 9.17) is 0 Å². The van der Waals surface area contributed by atoms with E-state index >= 15 is 0 Å². The molecule has 2 N–H and O–H groups in total. The zero-order valence-corrected chi connectivity index (χ0v) is 11.1. The lowest BCUT2D eigenvalue weighted by molar-refractivity contribution is 0.0758. The predicted octanol–water partition coefficient (Wildman–Crippen LogP) is 1.47. The normalized spacial score (nSPS) is 24.9. The van der Waals surface area contributed by atoms with Gasteiger partial charge in [-0.2, -0.15) is 0 Å². The Balaban J connectivity index is 2.29. The molecule has 96 valence electrons. The summed E-state index contributed by atoms with van der Waals surface area (Å²) < 4.78 is 0. The molecular formula is C13H28N2O. The SMILES string of the molecule is CC(C)CNCC1CCCCN1CC(C)O. The summed E-state index contributed by atoms with van der Waals surface area (Å²) in [6, 6.07) is 0.627. The number of hydrogen-bond donors (Lipinski definition) is 2. The molecule has 3 heteroatoms. The van der Waals surface area contributed by atoms with Gasteiger partial charge in [-0.1, -0.05) is 20.3 Å². The van der Waals surface area contributed by atoms with Gasteiger partial charge in [0, 0.05) is 19.1 Å². The van der Waals surface area contributed by atoms with E-state index in [0.717, 1.165) is 26.2 Å². The number of piperidine rings is 1. The maximum Gasteiger partial charge on any atom is 0.0639 e. The molecule has 2 unspecified atom stereocenters. The lowest BCUT2D eigenvalue weighted by atomic mass is 10.0. The van der Waals surface area contributed by atoms with Crippen molar-refractivity contribution in [2.75, 3.05) is 26.2 Å². The molecule has 0 bridgehead atoms. The van der Waals surface area contributed by atoms with Crippen molar-refractivity contribution in [1.82, 2.24) is 10.2 Å². The summed E-state index contributed by atoms with van der Waals surface area (Å²) in [5.41, 5.74) is 0. The van der Waals surface area contributed by atoms with Crippen molar-refractivity contribution in [3.63, 3.8) is 0 Å². The quantitative estimate of drug-likeness (QED) is 0.722. The topological polar surface area (TPSA) is 35.5 Å². The highest BCUT2D eigenvalue weighted by molar-refractivity contribution is 4.79. The first-order valence-electron chi connectivity index (χ1n) is 6.72. The van der Waals surface area contributed by atoms with Crippen LogP contribution in [0.2, 0.25) is 0 Å². The van der Waals surface area contributed by atoms with Crippen molar-refractivity contribution in [3.05, 3.63) is 0 Å². The van der Waals surface area contributed by atoms with Crippen LogP contribution < -0.4 is 5.32 Å². The van der Waals surface area contributed by atoms with E-state index in [1.54, 1.807) is 0 Å². The summed E-state index contributed by atoms with van der Waals surface area (Å²) in [5.74, 6) is 0.716. The Labute approximate surface area is 100 Å². The van der Waals surface area contributed by atoms with Crippen LogP contribution in [0.25, 0.3) is 0 Å². The highest BCUT2D eigenvalue weighted by atomic mass is 16.3. The molecule has 0 aromatic carbocycles. The van der Waals surface area contributed by atoms with E-state index in [1.807, 2.05) is 6.92 Å². The number of aliphatic hydroxyl groups is 1. The zero-order chi connectivity index (χ0) is 12.0. The molecule has 0 aromatic heterocycles. The molecule has 0 spiro atoms. The van der Waals surface area contributed by atoms with E-state index in [2.05, 4.69) is 24.1 Å². The Morgan fingerprint density at radius 2 is 2.06 bits per heavy atom. The number of likely N-dealkylation sites (tertiary alicyclic amines) is 1. The zero-order valence-electron chi connectivity index (χ0n) is 11.1. The molecule has 16 heavy (non-hydrogen) atoms. The molecule has 0 aliphatic carbocycles. The van der Waals surface area contributed by atoms with Gasteiger partial charge in [-0.05, 0) is 38.8 Å². The number of nitrogens with zero attached hydrogens (tertiary/aromatic N) is 1. The lowest BCUT2D eigenvalue weighted by Gasteiger charge is -2.36. The van der Waals surface area contributed by atoms with Crippen LogP contribution in [0.1, 0.15) is 40.0 Å². The van der Waals surface area contributed by atoms with Crippen LogP contribution in [-0.4, -0.2) is 48.3 Å². The summed E-state index contributed by atoms with van der Waals surface area (Å²) in [6.07, 6.45) is 3.70. The van der Waals surface area contributed by atoms with Crippen LogP contribution in [0, 0.1) is 5.92 Å². The van der Waals surface area contributed by atoms with Gasteiger partial charge in [0.1, 0.15) is 0 Å². The standard InChI is InChI=1S/C13H28N2O/c1-11(2)8-14-9-13-6-4-5-7-15(13)10-12(3)16/h11-14,16H,4-10H2,1-3H3. The van der Waals surface area contributed by atoms with Crippen molar-refractivity contribution < 1.29 is 5.11 Å². The second-order valence-electron chi connectivity index (χ2n) is 5.55. The Bertz CT molecular complexity index is 183. The molecule has 0 radical (unpaired) electrons. The van der Waals surface area contributed by atoms with Crippen LogP contribution in [0.4, 0.5) is 0 Å². The molecule has 0 amide bonds. The fraction of sp³-hybridized carbons (Fsp3) is 1.00. The van der Waals surface area contributed by atoms with E-state index in [-0.39, 0.29) is 6.10 Å². The number of nitrogens with one attached hydrogen (secondary N) is 1. The summed E-state index contributed by atoms with van der Waals surface area (Å²) in [4.78, 5) is 2.45. The van der Waals surface area contributed by atoms with Gasteiger partial charge in [0.15, 0.2) is 0 Å². The van der Waals surface area contributed by atoms with Crippen LogP contribution in [0.5, 0.6) is 0 Å². The second kappa shape index (κ2) is 7.25. The van der Waals surface area contributed by atoms with Crippen LogP contribution in [0.3, 0.4) is 0 Å². The molecule has 0 aromatic rings. The van der Waals surface area contributed by atoms with E-state index in [0.29, 0.717) is 12.0 Å². The van der Waals surface area contributed by atoms with Crippen molar-refractivity contribution in [2.45, 2.75) is 52.2 Å². The number of rotatable bonds is 6. The van der Waals surface area contributed by atoms with Gasteiger partial charge in [0.25, 0.3) is 0 Å². The van der Waals surface area contributed by atoms with E-state index < -0.39 is 0 Å². The number of β-amino-alcohol motifs (C(OH)–C–C–N with tert-alkyl or cyclic N) is 1. The molecule has 1 heterocycles. The molecule has 2 atom stereocenters. The Hall–Kier alpha value is -0.120. The highest BCUT2D eigenvalue weighted by Gasteiger charge is 2.22. The Morgan fingerprint density at radius 1 is 1.31 bits per heavy atom. The fourth-order valence-corrected chi connectivity index (χ4v) is 2.41. The minimum Gasteiger partial charge on any atom is -0.392 e. The van der Waals surface area contributed by atoms with Gasteiger partial charge in [-0.3, -0.25) is 4.90 Å². The first-order valence-corrected chi connectivity index (χ1v) is 6.72. The van der Waals surface area contributed by atoms with Gasteiger partial charge < -0.3 is 10.4 Å². The summed E-state index contributed by atoms with van der Waals surface area (Å²) in [5, 5.41) is 13.0. The highest BCUT2D eigenvalue weighted by Crippen LogP contribution is 2.16. The largest absolute Gasteiger partial charge is 0.392 e. The van der Waals surface area contributed by atoms with Gasteiger partial charge in [0.05, 0.1) is 6.10 Å². The number of aliphatic hydroxyl groups excluding tert-OH is 1. The van der Waals surface area contributed by atoms with Crippen LogP contribution >= 0.6 is 0 Å². The average molecular weight is 228 g/mol. The molecule has 1 aliphatic heterocycles. The van der Waals surface area contributed by atoms with Crippen LogP contribution in [0.15, 0.2) is 0 Å². The summed E-state index contributed by atoms with van der Waals surface area (Å²) in [7, 11) is 0. The minimum absolute atomic E-state index is 0.203. The molecule has 3 nitrogen and oxygen atoms in total. The third-order valence-electron chi connectivity index (χ3n) is 3.18. The van der Waals surface area contributed by atoms with Gasteiger partial charge >= 0.3 is 0 Å². The third-order valence-corrected chi connectivity index (χ3v) is 3.18. The van der Waals surface area contributed by atoms with Crippen molar-refractivity contribution in [3.8, 4) is 0 Å². The van der Waals surface area contributed by atoms with Gasteiger partial charge in [0.2, 0.25) is 0 Å². The summed E-state index contributed by atoms with van der Waals surface area (Å²) >= 11 is 0. The molecule has 1 fully saturated rings. The van der Waals surface area contributed by atoms with E-state index in [9.17, 15) is 5.11 Å². The molecule has 1 rings (SSSR count). The molecular weight excluding hydrogens is 200 g/mol. The first kappa shape index (κ1) is 13.9. The lowest BCUT2D eigenvalue weighted by Crippen LogP contribution is -2.48. The summed E-state index contributed by atoms with van der Waals surface area (Å²) in [6.45, 7) is 10.5. The fourth-order valence-electron chi connectivity index (χ4n) is 2.41. The smallest absolute Gasteiger partial charge is 0.0639 e. The average Bonchev–Trinajstić information content (AvgIpc) is 2.19. The van der Waals surface area contributed by atoms with E-state index in [1.165, 1.54) is 19.3 Å². The first-order chi connectivity index (χ1) is 7.59. The molecule has 1 aliphatic rings. The van der Waals surface area contributed by atoms with Crippen molar-refractivity contribution in [1.29, 1.82) is 0 Å². The maximum absolute atomic E-state index is 9.47. The second-order valence-corrected chi connectivity index (χ2v) is 5.55. The monoisotopic (exact) mass is 228 g/mol. The maximum atomic E-state index is 9.47. The predicted molar refractivity (Wildman–Crippen MR) is 68.6 cm³/mol. The van der Waals surface area contributed by atoms with Crippen molar-refractivity contribution in [2.24, 2.45) is 5.92 Å². The van der Waals surface area contributed by atoms with Gasteiger partial charge in [-0.25, -0.2) is 0 Å². The number of hydrogen-bond acceptors (Lipinski definition) is 3. The molecule has 0 saturated carbocycles.